The molecule has 1 heterocycles. The first-order chi connectivity index (χ1) is 12.0. The average Bonchev–Trinajstić information content (AvgIpc) is 2.97. The van der Waals surface area contributed by atoms with Gasteiger partial charge in [-0.05, 0) is 55.9 Å². The molecule has 0 bridgehead atoms. The van der Waals surface area contributed by atoms with Crippen LogP contribution in [0.5, 0.6) is 0 Å². The molecule has 1 amide bonds. The van der Waals surface area contributed by atoms with Crippen LogP contribution in [0, 0.1) is 11.7 Å². The monoisotopic (exact) mass is 363 g/mol. The molecule has 6 nitrogen and oxygen atoms in total. The molecule has 1 saturated carbocycles. The number of hydrogen-bond donors (Lipinski definition) is 2. The van der Waals surface area contributed by atoms with Crippen LogP contribution in [0.1, 0.15) is 32.6 Å². The Morgan fingerprint density at radius 3 is 2.64 bits per heavy atom. The van der Waals surface area contributed by atoms with E-state index < -0.39 is 0 Å². The van der Waals surface area contributed by atoms with Crippen molar-refractivity contribution in [1.29, 1.82) is 0 Å². The van der Waals surface area contributed by atoms with Gasteiger partial charge in [-0.2, -0.15) is 0 Å². The van der Waals surface area contributed by atoms with E-state index in [1.807, 2.05) is 0 Å². The molecule has 3 N–H and O–H groups in total. The highest BCUT2D eigenvalue weighted by atomic mass is 32.2. The summed E-state index contributed by atoms with van der Waals surface area (Å²) in [5.74, 6) is 7.09. The third-order valence-corrected chi connectivity index (χ3v) is 5.42. The fourth-order valence-electron chi connectivity index (χ4n) is 2.98. The van der Waals surface area contributed by atoms with Gasteiger partial charge < -0.3 is 11.2 Å². The van der Waals surface area contributed by atoms with E-state index in [1.54, 1.807) is 12.1 Å². The number of hydrogen-bond acceptors (Lipinski definition) is 5. The molecular weight excluding hydrogens is 341 g/mol. The van der Waals surface area contributed by atoms with Crippen LogP contribution in [0.15, 0.2) is 29.4 Å². The van der Waals surface area contributed by atoms with Gasteiger partial charge >= 0.3 is 0 Å². The Kier molecular flexibility index (Phi) is 5.57. The van der Waals surface area contributed by atoms with Gasteiger partial charge in [-0.15, -0.1) is 10.2 Å². The first-order valence-corrected chi connectivity index (χ1v) is 9.40. The zero-order valence-electron chi connectivity index (χ0n) is 14.1. The summed E-state index contributed by atoms with van der Waals surface area (Å²) in [6.45, 7) is 2.25. The second-order valence-electron chi connectivity index (χ2n) is 6.50. The van der Waals surface area contributed by atoms with Gasteiger partial charge in [0, 0.05) is 11.6 Å². The number of carbonyl (C=O) groups excluding carboxylic acids is 1. The predicted octanol–water partition coefficient (Wildman–Crippen LogP) is 2.59. The maximum atomic E-state index is 13.0. The molecule has 1 fully saturated rings. The number of nitrogens with two attached hydrogens (primary N) is 1. The van der Waals surface area contributed by atoms with E-state index in [2.05, 4.69) is 22.4 Å². The number of nitrogens with zero attached hydrogens (tertiary/aromatic N) is 3. The summed E-state index contributed by atoms with van der Waals surface area (Å²) in [7, 11) is 0. The van der Waals surface area contributed by atoms with Gasteiger partial charge in [-0.1, -0.05) is 18.7 Å². The third kappa shape index (κ3) is 4.50. The molecule has 8 heteroatoms. The van der Waals surface area contributed by atoms with Crippen molar-refractivity contribution in [3.8, 4) is 11.4 Å². The van der Waals surface area contributed by atoms with Crippen molar-refractivity contribution in [1.82, 2.24) is 20.2 Å². The summed E-state index contributed by atoms with van der Waals surface area (Å²) in [4.78, 5) is 12.1. The molecule has 0 radical (unpaired) electrons. The van der Waals surface area contributed by atoms with Crippen LogP contribution in [0.25, 0.3) is 11.4 Å². The van der Waals surface area contributed by atoms with E-state index in [0.29, 0.717) is 16.5 Å². The summed E-state index contributed by atoms with van der Waals surface area (Å²) in [6, 6.07) is 6.14. The predicted molar refractivity (Wildman–Crippen MR) is 95.9 cm³/mol. The van der Waals surface area contributed by atoms with Gasteiger partial charge in [0.1, 0.15) is 5.82 Å². The van der Waals surface area contributed by atoms with Gasteiger partial charge in [-0.3, -0.25) is 4.79 Å². The van der Waals surface area contributed by atoms with Gasteiger partial charge in [0.25, 0.3) is 0 Å². The first kappa shape index (κ1) is 17.7. The molecule has 0 saturated heterocycles. The molecule has 1 aliphatic rings. The molecular formula is C17H22FN5OS. The topological polar surface area (TPSA) is 85.8 Å². The largest absolute Gasteiger partial charge is 0.353 e. The standard InChI is InChI=1S/C17H22FN5OS/c1-11-2-8-14(9-3-11)20-15(24)10-25-17-22-21-16(23(17)19)12-4-6-13(18)7-5-12/h4-7,11,14H,2-3,8-10,19H2,1H3,(H,20,24). The molecule has 0 aliphatic heterocycles. The first-order valence-electron chi connectivity index (χ1n) is 8.41. The number of amides is 1. The summed E-state index contributed by atoms with van der Waals surface area (Å²) < 4.78 is 14.3. The third-order valence-electron chi connectivity index (χ3n) is 4.48. The van der Waals surface area contributed by atoms with Gasteiger partial charge in [0.05, 0.1) is 5.75 Å². The van der Waals surface area contributed by atoms with Crippen LogP contribution in [-0.4, -0.2) is 32.6 Å². The lowest BCUT2D eigenvalue weighted by Gasteiger charge is -2.26. The van der Waals surface area contributed by atoms with Crippen LogP contribution in [0.3, 0.4) is 0 Å². The normalized spacial score (nSPS) is 20.4. The van der Waals surface area contributed by atoms with E-state index in [1.165, 1.54) is 28.6 Å². The van der Waals surface area contributed by atoms with E-state index in [-0.39, 0.29) is 23.5 Å². The zero-order valence-corrected chi connectivity index (χ0v) is 14.9. The van der Waals surface area contributed by atoms with Crippen LogP contribution in [-0.2, 0) is 4.79 Å². The van der Waals surface area contributed by atoms with E-state index in [0.717, 1.165) is 31.6 Å². The Balaban J connectivity index is 1.55. The number of nitrogens with one attached hydrogen (secondary N) is 1. The number of carbonyl (C=O) groups is 1. The molecule has 2 aromatic rings. The van der Waals surface area contributed by atoms with E-state index in [4.69, 9.17) is 5.84 Å². The van der Waals surface area contributed by atoms with E-state index >= 15 is 0 Å². The van der Waals surface area contributed by atoms with Gasteiger partial charge in [0.15, 0.2) is 5.82 Å². The summed E-state index contributed by atoms with van der Waals surface area (Å²) >= 11 is 1.24. The number of rotatable bonds is 5. The summed E-state index contributed by atoms with van der Waals surface area (Å²) in [5.41, 5.74) is 0.670. The molecule has 134 valence electrons. The molecule has 1 aliphatic carbocycles. The SMILES string of the molecule is CC1CCC(NC(=O)CSc2nnc(-c3ccc(F)cc3)n2N)CC1. The maximum absolute atomic E-state index is 13.0. The van der Waals surface area contributed by atoms with Crippen LogP contribution < -0.4 is 11.2 Å². The van der Waals surface area contributed by atoms with Crippen molar-refractivity contribution in [3.63, 3.8) is 0 Å². The van der Waals surface area contributed by atoms with Crippen LogP contribution in [0.4, 0.5) is 4.39 Å². The van der Waals surface area contributed by atoms with Gasteiger partial charge in [-0.25, -0.2) is 9.07 Å². The molecule has 1 aromatic heterocycles. The van der Waals surface area contributed by atoms with Crippen molar-refractivity contribution >= 4 is 17.7 Å². The Labute approximate surface area is 150 Å². The number of aromatic nitrogens is 3. The second-order valence-corrected chi connectivity index (χ2v) is 7.44. The fourth-order valence-corrected chi connectivity index (χ4v) is 3.64. The zero-order chi connectivity index (χ0) is 17.8. The number of thioether (sulfide) groups is 1. The second kappa shape index (κ2) is 7.86. The molecule has 0 spiro atoms. The molecule has 0 unspecified atom stereocenters. The highest BCUT2D eigenvalue weighted by Crippen LogP contribution is 2.24. The van der Waals surface area contributed by atoms with Crippen LogP contribution >= 0.6 is 11.8 Å². The Morgan fingerprint density at radius 1 is 1.28 bits per heavy atom. The van der Waals surface area contributed by atoms with Crippen LogP contribution in [0.2, 0.25) is 0 Å². The van der Waals surface area contributed by atoms with Crippen molar-refractivity contribution in [3.05, 3.63) is 30.1 Å². The molecule has 3 rings (SSSR count). The quantitative estimate of drug-likeness (QED) is 0.630. The maximum Gasteiger partial charge on any atom is 0.230 e. The minimum Gasteiger partial charge on any atom is -0.353 e. The smallest absolute Gasteiger partial charge is 0.230 e. The number of halogens is 1. The number of nitrogen functional groups attached to an aromatic ring is 1. The molecule has 25 heavy (non-hydrogen) atoms. The molecule has 1 aromatic carbocycles. The summed E-state index contributed by atoms with van der Waals surface area (Å²) in [6.07, 6.45) is 4.41. The fraction of sp³-hybridized carbons (Fsp3) is 0.471. The van der Waals surface area contributed by atoms with Gasteiger partial charge in [0.2, 0.25) is 11.1 Å². The summed E-state index contributed by atoms with van der Waals surface area (Å²) in [5, 5.41) is 11.6. The highest BCUT2D eigenvalue weighted by Gasteiger charge is 2.20. The average molecular weight is 363 g/mol. The van der Waals surface area contributed by atoms with E-state index in [9.17, 15) is 9.18 Å². The highest BCUT2D eigenvalue weighted by molar-refractivity contribution is 7.99. The van der Waals surface area contributed by atoms with Crippen molar-refractivity contribution in [2.45, 2.75) is 43.8 Å². The lowest BCUT2D eigenvalue weighted by Crippen LogP contribution is -2.38. The van der Waals surface area contributed by atoms with Crippen molar-refractivity contribution in [2.75, 3.05) is 11.6 Å². The lowest BCUT2D eigenvalue weighted by atomic mass is 9.87. The minimum atomic E-state index is -0.324. The number of benzene rings is 1. The van der Waals surface area contributed by atoms with Crippen molar-refractivity contribution < 1.29 is 9.18 Å². The lowest BCUT2D eigenvalue weighted by molar-refractivity contribution is -0.119. The van der Waals surface area contributed by atoms with Crippen molar-refractivity contribution in [2.24, 2.45) is 5.92 Å². The molecule has 0 atom stereocenters. The Hall–Kier alpha value is -2.09. The Bertz CT molecular complexity index is 725. The Morgan fingerprint density at radius 2 is 1.96 bits per heavy atom. The minimum absolute atomic E-state index is 0.0177.